The Labute approximate surface area is 231 Å². The molecule has 4 aliphatic rings. The molecule has 5 rings (SSSR count). The van der Waals surface area contributed by atoms with Gasteiger partial charge in [-0.2, -0.15) is 5.26 Å². The number of nitrogens with zero attached hydrogens (tertiary/aromatic N) is 4. The van der Waals surface area contributed by atoms with Gasteiger partial charge in [-0.05, 0) is 76.5 Å². The minimum atomic E-state index is -0.659. The van der Waals surface area contributed by atoms with Gasteiger partial charge in [0.25, 0.3) is 0 Å². The highest BCUT2D eigenvalue weighted by Crippen LogP contribution is 2.48. The quantitative estimate of drug-likeness (QED) is 0.513. The number of halogens is 1. The maximum Gasteiger partial charge on any atom is 0.408 e. The Morgan fingerprint density at radius 1 is 1.26 bits per heavy atom. The zero-order valence-electron chi connectivity index (χ0n) is 23.4. The molecule has 1 aromatic rings. The van der Waals surface area contributed by atoms with Gasteiger partial charge in [-0.25, -0.2) is 9.18 Å². The van der Waals surface area contributed by atoms with Crippen LogP contribution >= 0.6 is 0 Å². The molecule has 0 aromatic heterocycles. The topological polar surface area (TPSA) is 92.1 Å². The fourth-order valence-electron chi connectivity index (χ4n) is 6.92. The minimum Gasteiger partial charge on any atom is -0.444 e. The van der Waals surface area contributed by atoms with E-state index in [9.17, 15) is 19.6 Å². The number of carbonyl (C=O) groups is 1. The Bertz CT molecular complexity index is 1090. The summed E-state index contributed by atoms with van der Waals surface area (Å²) in [6.45, 7) is 11.8. The summed E-state index contributed by atoms with van der Waals surface area (Å²) in [5.74, 6) is 0.207. The van der Waals surface area contributed by atoms with Crippen LogP contribution < -0.4 is 5.32 Å². The van der Waals surface area contributed by atoms with Crippen molar-refractivity contribution in [2.24, 2.45) is 5.92 Å². The molecule has 3 heterocycles. The smallest absolute Gasteiger partial charge is 0.408 e. The molecule has 2 bridgehead atoms. The summed E-state index contributed by atoms with van der Waals surface area (Å²) in [4.78, 5) is 19.3. The third-order valence-corrected chi connectivity index (χ3v) is 8.91. The van der Waals surface area contributed by atoms with Gasteiger partial charge in [-0.15, -0.1) is 0 Å². The molecule has 212 valence electrons. The number of aliphatic hydroxyl groups excluding tert-OH is 1. The number of piperazine rings is 1. The normalized spacial score (nSPS) is 29.1. The van der Waals surface area contributed by atoms with E-state index in [4.69, 9.17) is 4.74 Å². The SMILES string of the molecule is C=C(C(CN1C[C@@H]2CC1[C@@H](O)N2C(c1ccc(F)cc1)C1CCC1)NC(=O)OC(C)(C)C)N1CCCC1C#N. The first-order valence-electron chi connectivity index (χ1n) is 14.4. The molecule has 8 nitrogen and oxygen atoms in total. The number of hydrogen-bond acceptors (Lipinski definition) is 7. The number of nitrogens with one attached hydrogen (secondary N) is 1. The van der Waals surface area contributed by atoms with E-state index >= 15 is 0 Å². The van der Waals surface area contributed by atoms with E-state index in [0.717, 1.165) is 50.8 Å². The molecule has 6 atom stereocenters. The number of nitriles is 1. The van der Waals surface area contributed by atoms with Gasteiger partial charge in [0.2, 0.25) is 0 Å². The van der Waals surface area contributed by atoms with Crippen molar-refractivity contribution in [3.05, 3.63) is 47.9 Å². The minimum absolute atomic E-state index is 0.0677. The first-order valence-corrected chi connectivity index (χ1v) is 14.4. The standard InChI is InChI=1S/C30H42FN5O3/c1-19(35-14-6-9-23(35)16-32)25(33-29(38)39-30(2,3)4)18-34-17-24-15-26(34)28(37)36(24)27(20-7-5-8-20)21-10-12-22(31)13-11-21/h10-13,20,23-28,37H,1,5-9,14-15,17-18H2,2-4H3,(H,33,38)/t23?,24-,25?,26?,27?,28+/m0/s1. The van der Waals surface area contributed by atoms with Gasteiger partial charge in [0.15, 0.2) is 0 Å². The average Bonchev–Trinajstić information content (AvgIpc) is 3.55. The van der Waals surface area contributed by atoms with Crippen molar-refractivity contribution in [3.8, 4) is 6.07 Å². The van der Waals surface area contributed by atoms with Crippen LogP contribution in [0.2, 0.25) is 0 Å². The number of hydrogen-bond donors (Lipinski definition) is 2. The van der Waals surface area contributed by atoms with Gasteiger partial charge < -0.3 is 20.1 Å². The van der Waals surface area contributed by atoms with Crippen LogP contribution in [0.15, 0.2) is 36.5 Å². The van der Waals surface area contributed by atoms with Gasteiger partial charge in [0, 0.05) is 37.4 Å². The van der Waals surface area contributed by atoms with Crippen molar-refractivity contribution in [1.29, 1.82) is 5.26 Å². The van der Waals surface area contributed by atoms with Crippen molar-refractivity contribution in [2.45, 2.75) is 101 Å². The Morgan fingerprint density at radius 3 is 2.56 bits per heavy atom. The van der Waals surface area contributed by atoms with Crippen LogP contribution in [-0.2, 0) is 4.74 Å². The van der Waals surface area contributed by atoms with Crippen LogP contribution in [0.25, 0.3) is 0 Å². The highest BCUT2D eigenvalue weighted by molar-refractivity contribution is 5.68. The zero-order valence-corrected chi connectivity index (χ0v) is 23.4. The summed E-state index contributed by atoms with van der Waals surface area (Å²) in [5, 5.41) is 24.3. The average molecular weight is 540 g/mol. The highest BCUT2D eigenvalue weighted by Gasteiger charge is 2.54. The maximum atomic E-state index is 13.7. The third kappa shape index (κ3) is 5.79. The highest BCUT2D eigenvalue weighted by atomic mass is 19.1. The van der Waals surface area contributed by atoms with Crippen LogP contribution in [0, 0.1) is 23.1 Å². The van der Waals surface area contributed by atoms with Crippen molar-refractivity contribution in [2.75, 3.05) is 19.6 Å². The number of ether oxygens (including phenoxy) is 1. The fraction of sp³-hybridized carbons (Fsp3) is 0.667. The summed E-state index contributed by atoms with van der Waals surface area (Å²) >= 11 is 0. The van der Waals surface area contributed by atoms with Crippen LogP contribution in [0.5, 0.6) is 0 Å². The molecule has 2 N–H and O–H groups in total. The van der Waals surface area contributed by atoms with Gasteiger partial charge in [0.1, 0.15) is 23.7 Å². The molecule has 9 heteroatoms. The van der Waals surface area contributed by atoms with E-state index < -0.39 is 24.0 Å². The van der Waals surface area contributed by atoms with Crippen LogP contribution in [0.4, 0.5) is 9.18 Å². The van der Waals surface area contributed by atoms with E-state index in [1.54, 1.807) is 0 Å². The van der Waals surface area contributed by atoms with Crippen LogP contribution in [0.3, 0.4) is 0 Å². The second-order valence-corrected chi connectivity index (χ2v) is 12.6. The number of carbonyl (C=O) groups excluding carboxylic acids is 1. The number of rotatable bonds is 8. The molecule has 4 fully saturated rings. The van der Waals surface area contributed by atoms with Gasteiger partial charge >= 0.3 is 6.09 Å². The monoisotopic (exact) mass is 539 g/mol. The van der Waals surface area contributed by atoms with E-state index in [0.29, 0.717) is 18.2 Å². The largest absolute Gasteiger partial charge is 0.444 e. The molecule has 3 aliphatic heterocycles. The van der Waals surface area contributed by atoms with Gasteiger partial charge in [-0.3, -0.25) is 9.80 Å². The summed E-state index contributed by atoms with van der Waals surface area (Å²) in [5.41, 5.74) is 1.13. The molecule has 1 amide bonds. The number of benzene rings is 1. The molecule has 1 aromatic carbocycles. The van der Waals surface area contributed by atoms with Crippen LogP contribution in [-0.4, -0.2) is 81.5 Å². The first kappa shape index (κ1) is 27.9. The lowest BCUT2D eigenvalue weighted by Crippen LogP contribution is -2.59. The lowest BCUT2D eigenvalue weighted by atomic mass is 9.76. The number of likely N-dealkylation sites (tertiary alicyclic amines) is 3. The van der Waals surface area contributed by atoms with Gasteiger partial charge in [0.05, 0.1) is 18.2 Å². The molecular weight excluding hydrogens is 497 g/mol. The lowest BCUT2D eigenvalue weighted by molar-refractivity contribution is -0.101. The number of alkyl carbamates (subject to hydrolysis) is 1. The number of amides is 1. The summed E-state index contributed by atoms with van der Waals surface area (Å²) < 4.78 is 19.2. The molecule has 4 unspecified atom stereocenters. The molecule has 3 saturated heterocycles. The zero-order chi connectivity index (χ0) is 27.9. The van der Waals surface area contributed by atoms with E-state index in [1.165, 1.54) is 18.6 Å². The fourth-order valence-corrected chi connectivity index (χ4v) is 6.92. The third-order valence-electron chi connectivity index (χ3n) is 8.91. The maximum absolute atomic E-state index is 13.7. The predicted molar refractivity (Wildman–Crippen MR) is 146 cm³/mol. The van der Waals surface area contributed by atoms with Crippen molar-refractivity contribution in [1.82, 2.24) is 20.0 Å². The van der Waals surface area contributed by atoms with Crippen molar-refractivity contribution in [3.63, 3.8) is 0 Å². The molecule has 39 heavy (non-hydrogen) atoms. The molecule has 0 spiro atoms. The molecular formula is C30H42FN5O3. The second-order valence-electron chi connectivity index (χ2n) is 12.6. The lowest BCUT2D eigenvalue weighted by Gasteiger charge is -2.48. The Kier molecular flexibility index (Phi) is 7.91. The summed E-state index contributed by atoms with van der Waals surface area (Å²) in [6.07, 6.45) is 4.76. The first-order chi connectivity index (χ1) is 18.6. The predicted octanol–water partition coefficient (Wildman–Crippen LogP) is 4.14. The summed E-state index contributed by atoms with van der Waals surface area (Å²) in [6, 6.07) is 8.56. The summed E-state index contributed by atoms with van der Waals surface area (Å²) in [7, 11) is 0. The van der Waals surface area contributed by atoms with Crippen molar-refractivity contribution >= 4 is 6.09 Å². The molecule has 0 radical (unpaired) electrons. The van der Waals surface area contributed by atoms with E-state index in [-0.39, 0.29) is 30.0 Å². The van der Waals surface area contributed by atoms with Crippen LogP contribution in [0.1, 0.15) is 70.9 Å². The number of fused-ring (bicyclic) bond motifs is 2. The van der Waals surface area contributed by atoms with Crippen molar-refractivity contribution < 1.29 is 19.0 Å². The molecule has 1 saturated carbocycles. The second kappa shape index (κ2) is 11.1. The Balaban J connectivity index is 1.32. The number of aliphatic hydroxyl groups is 1. The van der Waals surface area contributed by atoms with E-state index in [1.807, 2.05) is 37.8 Å². The molecule has 1 aliphatic carbocycles. The van der Waals surface area contributed by atoms with Gasteiger partial charge in [-0.1, -0.05) is 25.1 Å². The Morgan fingerprint density at radius 2 is 1.97 bits per heavy atom. The van der Waals surface area contributed by atoms with E-state index in [2.05, 4.69) is 27.8 Å². The Hall–Kier alpha value is -2.67.